The number of aryl methyl sites for hydroxylation is 4. The highest BCUT2D eigenvalue weighted by atomic mass is 16.2. The molecule has 168 valence electrons. The van der Waals surface area contributed by atoms with Gasteiger partial charge in [-0.2, -0.15) is 5.26 Å². The van der Waals surface area contributed by atoms with Crippen LogP contribution in [0, 0.1) is 25.2 Å². The Morgan fingerprint density at radius 2 is 1.88 bits per heavy atom. The molecule has 10 heteroatoms. The third-order valence-corrected chi connectivity index (χ3v) is 6.02. The van der Waals surface area contributed by atoms with Crippen LogP contribution in [0.25, 0.3) is 11.0 Å². The maximum absolute atomic E-state index is 13.6. The summed E-state index contributed by atoms with van der Waals surface area (Å²) in [5.74, 6) is 1.06. The molecule has 3 aromatic heterocycles. The quantitative estimate of drug-likeness (QED) is 0.640. The van der Waals surface area contributed by atoms with E-state index in [-0.39, 0.29) is 12.6 Å². The molecule has 1 fully saturated rings. The highest BCUT2D eigenvalue weighted by Crippen LogP contribution is 2.31. The van der Waals surface area contributed by atoms with Crippen LogP contribution in [-0.4, -0.2) is 42.8 Å². The molecule has 0 spiro atoms. The van der Waals surface area contributed by atoms with Gasteiger partial charge in [-0.05, 0) is 39.7 Å². The van der Waals surface area contributed by atoms with Crippen LogP contribution in [0.4, 0.5) is 5.82 Å². The van der Waals surface area contributed by atoms with Crippen molar-refractivity contribution in [2.75, 3.05) is 18.0 Å². The van der Waals surface area contributed by atoms with Gasteiger partial charge in [-0.15, -0.1) is 0 Å². The Balaban J connectivity index is 1.99. The van der Waals surface area contributed by atoms with Crippen LogP contribution in [-0.2, 0) is 20.1 Å². The zero-order valence-corrected chi connectivity index (χ0v) is 18.9. The Hall–Kier alpha value is -3.45. The maximum atomic E-state index is 13.6. The molecule has 4 heterocycles. The molecule has 1 saturated heterocycles. The van der Waals surface area contributed by atoms with E-state index in [1.807, 2.05) is 31.4 Å². The van der Waals surface area contributed by atoms with E-state index in [0.717, 1.165) is 35.3 Å². The summed E-state index contributed by atoms with van der Waals surface area (Å²) in [6.07, 6.45) is 1.83. The van der Waals surface area contributed by atoms with Gasteiger partial charge in [0.25, 0.3) is 5.56 Å². The van der Waals surface area contributed by atoms with Crippen molar-refractivity contribution < 1.29 is 0 Å². The van der Waals surface area contributed by atoms with Crippen LogP contribution in [0.3, 0.4) is 0 Å². The summed E-state index contributed by atoms with van der Waals surface area (Å²) in [5, 5.41) is 10.0. The van der Waals surface area contributed by atoms with Crippen molar-refractivity contribution in [3.8, 4) is 6.07 Å². The predicted molar refractivity (Wildman–Crippen MR) is 122 cm³/mol. The van der Waals surface area contributed by atoms with Crippen molar-refractivity contribution >= 4 is 16.9 Å². The van der Waals surface area contributed by atoms with Gasteiger partial charge in [0.05, 0.1) is 12.1 Å². The lowest BCUT2D eigenvalue weighted by atomic mass is 10.1. The van der Waals surface area contributed by atoms with Crippen molar-refractivity contribution in [1.82, 2.24) is 23.7 Å². The number of hydrogen-bond acceptors (Lipinski definition) is 7. The number of nitrogens with two attached hydrogens (primary N) is 1. The molecular formula is C22H28N8O2. The lowest BCUT2D eigenvalue weighted by Crippen LogP contribution is -2.44. The van der Waals surface area contributed by atoms with Gasteiger partial charge in [0, 0.05) is 44.1 Å². The lowest BCUT2D eigenvalue weighted by molar-refractivity contribution is 0.498. The van der Waals surface area contributed by atoms with Gasteiger partial charge in [0.15, 0.2) is 0 Å². The second-order valence-corrected chi connectivity index (χ2v) is 8.40. The first-order valence-electron chi connectivity index (χ1n) is 10.8. The van der Waals surface area contributed by atoms with Crippen molar-refractivity contribution in [3.63, 3.8) is 0 Å². The normalized spacial score (nSPS) is 16.5. The van der Waals surface area contributed by atoms with Crippen LogP contribution in [0.2, 0.25) is 0 Å². The summed E-state index contributed by atoms with van der Waals surface area (Å²) >= 11 is 0. The van der Waals surface area contributed by atoms with E-state index in [2.05, 4.69) is 20.9 Å². The maximum Gasteiger partial charge on any atom is 0.331 e. The first-order chi connectivity index (χ1) is 15.3. The summed E-state index contributed by atoms with van der Waals surface area (Å²) in [5.41, 5.74) is 7.81. The molecule has 3 aromatic rings. The van der Waals surface area contributed by atoms with Gasteiger partial charge in [-0.25, -0.2) is 14.8 Å². The molecule has 2 N–H and O–H groups in total. The fourth-order valence-electron chi connectivity index (χ4n) is 4.72. The number of rotatable bonds is 4. The van der Waals surface area contributed by atoms with E-state index in [0.29, 0.717) is 41.3 Å². The zero-order valence-electron chi connectivity index (χ0n) is 18.9. The summed E-state index contributed by atoms with van der Waals surface area (Å²) in [4.78, 5) is 37.6. The Labute approximate surface area is 185 Å². The number of piperidine rings is 1. The van der Waals surface area contributed by atoms with Gasteiger partial charge < -0.3 is 15.2 Å². The fourth-order valence-corrected chi connectivity index (χ4v) is 4.72. The average Bonchev–Trinajstić information content (AvgIpc) is 3.09. The Morgan fingerprint density at radius 1 is 1.19 bits per heavy atom. The molecule has 0 radical (unpaired) electrons. The van der Waals surface area contributed by atoms with E-state index in [1.165, 1.54) is 4.57 Å². The number of hydrogen-bond donors (Lipinski definition) is 1. The van der Waals surface area contributed by atoms with E-state index in [9.17, 15) is 14.9 Å². The standard InChI is InChI=1S/C22H28N8O2/c1-5-29-19-18(16(10-23)20(29)28-8-6-7-15(24)11-28)27(4)22(32)30(21(19)31)12-17-25-13(2)9-14(3)26-17/h9,15H,5-8,11-12,24H2,1-4H3/t15-/m1/s1. The molecule has 0 saturated carbocycles. The monoisotopic (exact) mass is 436 g/mol. The van der Waals surface area contributed by atoms with Gasteiger partial charge in [0.2, 0.25) is 0 Å². The van der Waals surface area contributed by atoms with E-state index in [4.69, 9.17) is 5.73 Å². The zero-order chi connectivity index (χ0) is 23.2. The molecule has 0 aromatic carbocycles. The van der Waals surface area contributed by atoms with Crippen LogP contribution < -0.4 is 21.9 Å². The average molecular weight is 437 g/mol. The molecular weight excluding hydrogens is 408 g/mol. The van der Waals surface area contributed by atoms with Crippen LogP contribution in [0.15, 0.2) is 15.7 Å². The first-order valence-corrected chi connectivity index (χ1v) is 10.8. The molecule has 1 aliphatic heterocycles. The molecule has 0 aliphatic carbocycles. The summed E-state index contributed by atoms with van der Waals surface area (Å²) in [7, 11) is 1.59. The lowest BCUT2D eigenvalue weighted by Gasteiger charge is -2.33. The van der Waals surface area contributed by atoms with E-state index in [1.54, 1.807) is 7.05 Å². The molecule has 10 nitrogen and oxygen atoms in total. The first kappa shape index (κ1) is 21.8. The van der Waals surface area contributed by atoms with Crippen LogP contribution in [0.5, 0.6) is 0 Å². The minimum Gasteiger partial charge on any atom is -0.355 e. The second-order valence-electron chi connectivity index (χ2n) is 8.40. The Bertz CT molecular complexity index is 1340. The molecule has 32 heavy (non-hydrogen) atoms. The molecule has 1 aliphatic rings. The Kier molecular flexibility index (Phi) is 5.60. The van der Waals surface area contributed by atoms with E-state index >= 15 is 0 Å². The van der Waals surface area contributed by atoms with Gasteiger partial charge in [-0.1, -0.05) is 0 Å². The number of nitrogens with zero attached hydrogens (tertiary/aromatic N) is 7. The molecule has 4 rings (SSSR count). The SMILES string of the molecule is CCn1c(N2CCC[C@@H](N)C2)c(C#N)c2c1c(=O)n(Cc1nc(C)cc(C)n1)c(=O)n2C. The number of fused-ring (bicyclic) bond motifs is 1. The highest BCUT2D eigenvalue weighted by molar-refractivity contribution is 5.89. The summed E-state index contributed by atoms with van der Waals surface area (Å²) in [6, 6.07) is 4.09. The highest BCUT2D eigenvalue weighted by Gasteiger charge is 2.29. The summed E-state index contributed by atoms with van der Waals surface area (Å²) < 4.78 is 4.37. The third-order valence-electron chi connectivity index (χ3n) is 6.02. The van der Waals surface area contributed by atoms with Crippen LogP contribution >= 0.6 is 0 Å². The second kappa shape index (κ2) is 8.24. The molecule has 0 amide bonds. The third kappa shape index (κ3) is 3.48. The smallest absolute Gasteiger partial charge is 0.331 e. The number of nitriles is 1. The fraction of sp³-hybridized carbons (Fsp3) is 0.500. The Morgan fingerprint density at radius 3 is 2.47 bits per heavy atom. The van der Waals surface area contributed by atoms with Crippen molar-refractivity contribution in [1.29, 1.82) is 5.26 Å². The van der Waals surface area contributed by atoms with Crippen molar-refractivity contribution in [2.24, 2.45) is 12.8 Å². The minimum atomic E-state index is -0.503. The van der Waals surface area contributed by atoms with Crippen molar-refractivity contribution in [3.05, 3.63) is 49.7 Å². The number of anilines is 1. The molecule has 0 bridgehead atoms. The summed E-state index contributed by atoms with van der Waals surface area (Å²) in [6.45, 7) is 7.41. The van der Waals surface area contributed by atoms with Crippen LogP contribution in [0.1, 0.15) is 42.5 Å². The van der Waals surface area contributed by atoms with Gasteiger partial charge >= 0.3 is 5.69 Å². The van der Waals surface area contributed by atoms with Gasteiger partial charge in [-0.3, -0.25) is 13.9 Å². The van der Waals surface area contributed by atoms with Gasteiger partial charge in [0.1, 0.15) is 28.8 Å². The van der Waals surface area contributed by atoms with Crippen molar-refractivity contribution in [2.45, 2.75) is 52.7 Å². The molecule has 1 atom stereocenters. The minimum absolute atomic E-state index is 0.000738. The number of aromatic nitrogens is 5. The topological polar surface area (TPSA) is 128 Å². The predicted octanol–water partition coefficient (Wildman–Crippen LogP) is 0.776. The van der Waals surface area contributed by atoms with E-state index < -0.39 is 11.2 Å². The molecule has 0 unspecified atom stereocenters. The largest absolute Gasteiger partial charge is 0.355 e.